The van der Waals surface area contributed by atoms with Gasteiger partial charge in [0.25, 0.3) is 0 Å². The lowest BCUT2D eigenvalue weighted by Gasteiger charge is -2.32. The van der Waals surface area contributed by atoms with Crippen molar-refractivity contribution in [2.24, 2.45) is 5.41 Å². The van der Waals surface area contributed by atoms with Crippen LogP contribution >= 0.6 is 11.3 Å². The Labute approximate surface area is 203 Å². The van der Waals surface area contributed by atoms with Crippen LogP contribution in [0.15, 0.2) is 109 Å². The van der Waals surface area contributed by atoms with E-state index in [0.717, 1.165) is 29.2 Å². The highest BCUT2D eigenvalue weighted by Crippen LogP contribution is 2.60. The molecule has 6 rings (SSSR count). The molecule has 0 spiro atoms. The summed E-state index contributed by atoms with van der Waals surface area (Å²) < 4.78 is 0. The molecule has 1 aliphatic rings. The number of rotatable bonds is 7. The number of aromatic nitrogens is 1. The van der Waals surface area contributed by atoms with Crippen LogP contribution in [0.3, 0.4) is 0 Å². The zero-order valence-electron chi connectivity index (χ0n) is 18.8. The molecule has 1 fully saturated rings. The minimum Gasteiger partial charge on any atom is -0.373 e. The van der Waals surface area contributed by atoms with E-state index in [1.807, 2.05) is 12.1 Å². The van der Waals surface area contributed by atoms with Gasteiger partial charge in [0.2, 0.25) is 0 Å². The van der Waals surface area contributed by atoms with E-state index in [1.165, 1.54) is 21.9 Å². The molecule has 2 N–H and O–H groups in total. The van der Waals surface area contributed by atoms with Crippen molar-refractivity contribution in [2.45, 2.75) is 25.0 Å². The molecule has 0 saturated heterocycles. The number of benzene rings is 4. The first-order valence-electron chi connectivity index (χ1n) is 11.7. The summed E-state index contributed by atoms with van der Waals surface area (Å²) in [4.78, 5) is 4.86. The quantitative estimate of drug-likeness (QED) is 0.249. The van der Waals surface area contributed by atoms with Crippen LogP contribution in [-0.2, 0) is 0 Å². The van der Waals surface area contributed by atoms with Crippen molar-refractivity contribution in [1.82, 2.24) is 4.98 Å². The maximum absolute atomic E-state index is 11.5. The number of aliphatic hydroxyl groups excluding tert-OH is 1. The van der Waals surface area contributed by atoms with Crippen molar-refractivity contribution >= 4 is 27.2 Å². The van der Waals surface area contributed by atoms with Gasteiger partial charge < -0.3 is 10.4 Å². The molecular formula is C30H26N2OS. The molecule has 168 valence electrons. The number of nitrogens with one attached hydrogen (secondary N) is 1. The van der Waals surface area contributed by atoms with Crippen LogP contribution in [0.1, 0.15) is 29.9 Å². The number of nitrogens with zero attached hydrogens (tertiary/aromatic N) is 1. The fourth-order valence-corrected chi connectivity index (χ4v) is 5.92. The standard InChI is InChI=1S/C30H26N2OS/c33-28(30(18-19-30)27(22-11-3-1-4-12-22)23-13-5-2-6-14-23)32-29-31-26(20-34-29)25-17-9-15-21-10-7-8-16-24(21)25/h1-17,20,27-28,33H,18-19H2,(H,31,32). The molecule has 1 aromatic heterocycles. The van der Waals surface area contributed by atoms with E-state index in [0.29, 0.717) is 0 Å². The maximum Gasteiger partial charge on any atom is 0.185 e. The third kappa shape index (κ3) is 3.79. The average molecular weight is 463 g/mol. The summed E-state index contributed by atoms with van der Waals surface area (Å²) >= 11 is 1.55. The molecule has 0 radical (unpaired) electrons. The number of hydrogen-bond acceptors (Lipinski definition) is 4. The Morgan fingerprint density at radius 2 is 1.38 bits per heavy atom. The second kappa shape index (κ2) is 8.71. The van der Waals surface area contributed by atoms with Crippen molar-refractivity contribution < 1.29 is 5.11 Å². The largest absolute Gasteiger partial charge is 0.373 e. The van der Waals surface area contributed by atoms with Gasteiger partial charge in [0.05, 0.1) is 5.69 Å². The van der Waals surface area contributed by atoms with E-state index in [9.17, 15) is 5.11 Å². The van der Waals surface area contributed by atoms with E-state index in [1.54, 1.807) is 11.3 Å². The molecule has 1 unspecified atom stereocenters. The molecule has 4 aromatic carbocycles. The summed E-state index contributed by atoms with van der Waals surface area (Å²) in [5, 5.41) is 20.1. The summed E-state index contributed by atoms with van der Waals surface area (Å²) in [6.45, 7) is 0. The van der Waals surface area contributed by atoms with Gasteiger partial charge in [-0.2, -0.15) is 0 Å². The van der Waals surface area contributed by atoms with Gasteiger partial charge in [0.1, 0.15) is 6.23 Å². The van der Waals surface area contributed by atoms with Gasteiger partial charge in [-0.25, -0.2) is 4.98 Å². The lowest BCUT2D eigenvalue weighted by Crippen LogP contribution is -2.35. The van der Waals surface area contributed by atoms with Crippen molar-refractivity contribution in [3.63, 3.8) is 0 Å². The van der Waals surface area contributed by atoms with E-state index in [4.69, 9.17) is 4.98 Å². The first-order chi connectivity index (χ1) is 16.7. The van der Waals surface area contributed by atoms with Crippen LogP contribution in [0.4, 0.5) is 5.13 Å². The third-order valence-corrected chi connectivity index (χ3v) is 7.82. The highest BCUT2D eigenvalue weighted by molar-refractivity contribution is 7.14. The van der Waals surface area contributed by atoms with Crippen LogP contribution < -0.4 is 5.32 Å². The maximum atomic E-state index is 11.5. The van der Waals surface area contributed by atoms with Crippen molar-refractivity contribution in [3.05, 3.63) is 120 Å². The minimum atomic E-state index is -0.690. The predicted molar refractivity (Wildman–Crippen MR) is 141 cm³/mol. The summed E-state index contributed by atoms with van der Waals surface area (Å²) in [6.07, 6.45) is 1.25. The van der Waals surface area contributed by atoms with Crippen LogP contribution in [0.25, 0.3) is 22.0 Å². The van der Waals surface area contributed by atoms with Gasteiger partial charge in [-0.05, 0) is 34.7 Å². The Morgan fingerprint density at radius 1 is 0.765 bits per heavy atom. The normalized spacial score (nSPS) is 15.4. The second-order valence-corrected chi connectivity index (χ2v) is 9.96. The molecule has 0 aliphatic heterocycles. The molecule has 0 amide bonds. The first kappa shape index (κ1) is 21.1. The molecular weight excluding hydrogens is 436 g/mol. The molecule has 1 atom stereocenters. The fraction of sp³-hybridized carbons (Fsp3) is 0.167. The Balaban J connectivity index is 1.30. The lowest BCUT2D eigenvalue weighted by molar-refractivity contribution is 0.108. The van der Waals surface area contributed by atoms with Gasteiger partial charge in [-0.15, -0.1) is 11.3 Å². The molecule has 34 heavy (non-hydrogen) atoms. The summed E-state index contributed by atoms with van der Waals surface area (Å²) in [6, 6.07) is 35.8. The van der Waals surface area contributed by atoms with Gasteiger partial charge in [-0.1, -0.05) is 103 Å². The van der Waals surface area contributed by atoms with Crippen LogP contribution in [0, 0.1) is 5.41 Å². The van der Waals surface area contributed by atoms with E-state index >= 15 is 0 Å². The molecule has 1 saturated carbocycles. The van der Waals surface area contributed by atoms with Gasteiger partial charge in [0, 0.05) is 22.3 Å². The number of aliphatic hydroxyl groups is 1. The van der Waals surface area contributed by atoms with Gasteiger partial charge in [0.15, 0.2) is 5.13 Å². The van der Waals surface area contributed by atoms with Crippen LogP contribution in [0.2, 0.25) is 0 Å². The number of hydrogen-bond donors (Lipinski definition) is 2. The van der Waals surface area contributed by atoms with Crippen LogP contribution in [0.5, 0.6) is 0 Å². The zero-order chi connectivity index (χ0) is 23.0. The lowest BCUT2D eigenvalue weighted by atomic mass is 9.77. The van der Waals surface area contributed by atoms with E-state index < -0.39 is 6.23 Å². The predicted octanol–water partition coefficient (Wildman–Crippen LogP) is 7.31. The fourth-order valence-electron chi connectivity index (χ4n) is 5.18. The van der Waals surface area contributed by atoms with Gasteiger partial charge in [-0.3, -0.25) is 0 Å². The zero-order valence-corrected chi connectivity index (χ0v) is 19.6. The van der Waals surface area contributed by atoms with Crippen LogP contribution in [-0.4, -0.2) is 16.3 Å². The Bertz CT molecular complexity index is 1370. The third-order valence-electron chi connectivity index (χ3n) is 7.04. The highest BCUT2D eigenvalue weighted by atomic mass is 32.1. The van der Waals surface area contributed by atoms with Gasteiger partial charge >= 0.3 is 0 Å². The molecule has 5 aromatic rings. The Hall–Kier alpha value is -3.47. The summed E-state index contributed by atoms with van der Waals surface area (Å²) in [7, 11) is 0. The van der Waals surface area contributed by atoms with E-state index in [2.05, 4.69) is 102 Å². The molecule has 3 nitrogen and oxygen atoms in total. The van der Waals surface area contributed by atoms with E-state index in [-0.39, 0.29) is 11.3 Å². The average Bonchev–Trinajstić information content (AvgIpc) is 3.56. The second-order valence-electron chi connectivity index (χ2n) is 9.10. The SMILES string of the molecule is OC(Nc1nc(-c2cccc3ccccc23)cs1)C1(C(c2ccccc2)c2ccccc2)CC1. The van der Waals surface area contributed by atoms with Crippen molar-refractivity contribution in [2.75, 3.05) is 5.32 Å². The Morgan fingerprint density at radius 3 is 2.06 bits per heavy atom. The topological polar surface area (TPSA) is 45.1 Å². The number of anilines is 1. The highest BCUT2D eigenvalue weighted by Gasteiger charge is 2.55. The summed E-state index contributed by atoms with van der Waals surface area (Å²) in [5.41, 5.74) is 4.27. The van der Waals surface area contributed by atoms with Crippen molar-refractivity contribution in [3.8, 4) is 11.3 Å². The Kier molecular flexibility index (Phi) is 5.40. The molecule has 1 heterocycles. The molecule has 1 aliphatic carbocycles. The minimum absolute atomic E-state index is 0.120. The smallest absolute Gasteiger partial charge is 0.185 e. The number of thiazole rings is 1. The monoisotopic (exact) mass is 462 g/mol. The molecule has 4 heteroatoms. The first-order valence-corrected chi connectivity index (χ1v) is 12.6. The molecule has 0 bridgehead atoms. The summed E-state index contributed by atoms with van der Waals surface area (Å²) in [5.74, 6) is 0.120. The van der Waals surface area contributed by atoms with Crippen molar-refractivity contribution in [1.29, 1.82) is 0 Å². The number of fused-ring (bicyclic) bond motifs is 1.